The van der Waals surface area contributed by atoms with E-state index in [0.29, 0.717) is 71.3 Å². The molecular weight excluding hydrogens is 704 g/mol. The van der Waals surface area contributed by atoms with E-state index in [9.17, 15) is 14.3 Å². The number of likely N-dealkylation sites (N-methyl/N-ethyl adjacent to an activating group) is 1. The molecule has 4 heterocycles. The van der Waals surface area contributed by atoms with Crippen LogP contribution in [0.1, 0.15) is 38.5 Å². The minimum atomic E-state index is -1.12. The van der Waals surface area contributed by atoms with E-state index in [1.165, 1.54) is 17.4 Å². The Morgan fingerprint density at radius 1 is 1.10 bits per heavy atom. The van der Waals surface area contributed by atoms with Crippen molar-refractivity contribution >= 4 is 60.8 Å². The van der Waals surface area contributed by atoms with E-state index in [1.807, 2.05) is 69.2 Å². The monoisotopic (exact) mass is 744 g/mol. The molecule has 52 heavy (non-hydrogen) atoms. The van der Waals surface area contributed by atoms with Crippen molar-refractivity contribution in [2.24, 2.45) is 0 Å². The fraction of sp³-hybridized carbons (Fsp3) is 0.378. The van der Waals surface area contributed by atoms with Gasteiger partial charge in [0.05, 0.1) is 42.6 Å². The first-order chi connectivity index (χ1) is 25.0. The Bertz CT molecular complexity index is 2080. The zero-order valence-electron chi connectivity index (χ0n) is 29.8. The second-order valence-electron chi connectivity index (χ2n) is 12.9. The number of anilines is 4. The number of hydrogen-bond acceptors (Lipinski definition) is 13. The Balaban J connectivity index is 1.20. The smallest absolute Gasteiger partial charge is 0.355 e. The number of nitrogens with zero attached hydrogens (tertiary/aromatic N) is 7. The van der Waals surface area contributed by atoms with Gasteiger partial charge in [0, 0.05) is 34.5 Å². The second kappa shape index (κ2) is 16.7. The predicted octanol–water partition coefficient (Wildman–Crippen LogP) is 6.00. The van der Waals surface area contributed by atoms with E-state index in [1.54, 1.807) is 23.5 Å². The number of ether oxygens (including phenoxy) is 2. The number of aryl methyl sites for hydroxylation is 1. The number of carboxylic acids is 1. The molecule has 0 spiro atoms. The molecule has 15 heteroatoms. The highest BCUT2D eigenvalue weighted by Gasteiger charge is 2.33. The van der Waals surface area contributed by atoms with Gasteiger partial charge in [-0.25, -0.2) is 19.2 Å². The summed E-state index contributed by atoms with van der Waals surface area (Å²) in [6, 6.07) is 12.6. The van der Waals surface area contributed by atoms with E-state index < -0.39 is 11.8 Å². The first-order valence-corrected chi connectivity index (χ1v) is 18.5. The van der Waals surface area contributed by atoms with Gasteiger partial charge in [0.25, 0.3) is 0 Å². The largest absolute Gasteiger partial charge is 0.491 e. The van der Waals surface area contributed by atoms with E-state index >= 15 is 0 Å². The number of fused-ring (bicyclic) bond motifs is 2. The number of thiazole rings is 2. The van der Waals surface area contributed by atoms with Crippen LogP contribution in [0.5, 0.6) is 5.75 Å². The van der Waals surface area contributed by atoms with Crippen LogP contribution in [0, 0.1) is 24.6 Å². The topological polar surface area (TPSA) is 129 Å². The summed E-state index contributed by atoms with van der Waals surface area (Å²) in [6.07, 6.45) is 1.25. The molecular formula is C37H41FN8O4S2. The molecule has 0 fully saturated rings. The first kappa shape index (κ1) is 37.1. The van der Waals surface area contributed by atoms with Crippen LogP contribution >= 0.6 is 22.7 Å². The van der Waals surface area contributed by atoms with Crippen LogP contribution in [0.2, 0.25) is 0 Å². The predicted molar refractivity (Wildman–Crippen MR) is 203 cm³/mol. The Morgan fingerprint density at radius 3 is 2.67 bits per heavy atom. The molecule has 2 aromatic carbocycles. The summed E-state index contributed by atoms with van der Waals surface area (Å²) >= 11 is 2.84. The molecule has 0 saturated heterocycles. The Morgan fingerprint density at radius 2 is 1.92 bits per heavy atom. The molecule has 1 aliphatic heterocycles. The molecule has 5 aromatic rings. The SMILES string of the molecule is Cc1c(Nc2nc3ccccc3s2)nnc2c1CC(OCCN(C)C)CN2c1nc(C(=O)O)c(CCCOc2ccc(C#CCN(C)C)cc2F)s1. The van der Waals surface area contributed by atoms with Gasteiger partial charge in [-0.2, -0.15) is 0 Å². The van der Waals surface area contributed by atoms with Crippen molar-refractivity contribution in [2.45, 2.75) is 32.3 Å². The van der Waals surface area contributed by atoms with Crippen LogP contribution in [0.3, 0.4) is 0 Å². The Kier molecular flexibility index (Phi) is 11.9. The second-order valence-corrected chi connectivity index (χ2v) is 15.0. The number of aromatic nitrogens is 4. The number of hydrogen-bond donors (Lipinski definition) is 2. The molecule has 272 valence electrons. The van der Waals surface area contributed by atoms with Crippen LogP contribution in [-0.2, 0) is 17.6 Å². The van der Waals surface area contributed by atoms with Crippen molar-refractivity contribution < 1.29 is 23.8 Å². The lowest BCUT2D eigenvalue weighted by molar-refractivity contribution is 0.0474. The average Bonchev–Trinajstić information content (AvgIpc) is 3.72. The lowest BCUT2D eigenvalue weighted by Gasteiger charge is -2.34. The summed E-state index contributed by atoms with van der Waals surface area (Å²) in [5.74, 6) is 5.65. The fourth-order valence-corrected chi connectivity index (χ4v) is 7.59. The summed E-state index contributed by atoms with van der Waals surface area (Å²) in [7, 11) is 7.83. The zero-order valence-corrected chi connectivity index (χ0v) is 31.4. The Hall–Kier alpha value is -4.72. The fourth-order valence-electron chi connectivity index (χ4n) is 5.62. The highest BCUT2D eigenvalue weighted by atomic mass is 32.1. The third-order valence-electron chi connectivity index (χ3n) is 8.29. The van der Waals surface area contributed by atoms with Gasteiger partial charge < -0.3 is 24.8 Å². The number of nitrogens with one attached hydrogen (secondary N) is 1. The molecule has 6 rings (SSSR count). The van der Waals surface area contributed by atoms with E-state index in [4.69, 9.17) is 14.5 Å². The zero-order chi connectivity index (χ0) is 36.8. The number of carbonyl (C=O) groups is 1. The number of rotatable bonds is 14. The molecule has 12 nitrogen and oxygen atoms in total. The number of aromatic carboxylic acids is 1. The van der Waals surface area contributed by atoms with Crippen LogP contribution in [-0.4, -0.2) is 108 Å². The van der Waals surface area contributed by atoms with Gasteiger partial charge >= 0.3 is 5.97 Å². The van der Waals surface area contributed by atoms with Crippen molar-refractivity contribution in [2.75, 3.05) is 71.3 Å². The van der Waals surface area contributed by atoms with Crippen LogP contribution in [0.25, 0.3) is 10.2 Å². The van der Waals surface area contributed by atoms with E-state index in [2.05, 4.69) is 37.2 Å². The van der Waals surface area contributed by atoms with Crippen molar-refractivity contribution in [1.82, 2.24) is 30.0 Å². The van der Waals surface area contributed by atoms with Gasteiger partial charge in [-0.05, 0) is 78.3 Å². The van der Waals surface area contributed by atoms with Gasteiger partial charge in [-0.15, -0.1) is 21.5 Å². The van der Waals surface area contributed by atoms with Crippen LogP contribution in [0.15, 0.2) is 42.5 Å². The third-order valence-corrected chi connectivity index (χ3v) is 10.4. The molecule has 0 bridgehead atoms. The van der Waals surface area contributed by atoms with Gasteiger partial charge in [0.2, 0.25) is 0 Å². The molecule has 0 radical (unpaired) electrons. The summed E-state index contributed by atoms with van der Waals surface area (Å²) in [5, 5.41) is 23.9. The highest BCUT2D eigenvalue weighted by Crippen LogP contribution is 2.40. The molecule has 0 aliphatic carbocycles. The number of para-hydroxylation sites is 1. The number of benzene rings is 2. The molecule has 3 aromatic heterocycles. The lowest BCUT2D eigenvalue weighted by Crippen LogP contribution is -2.39. The van der Waals surface area contributed by atoms with Gasteiger partial charge in [0.1, 0.15) is 0 Å². The number of halogens is 1. The van der Waals surface area contributed by atoms with Gasteiger partial charge in [0.15, 0.2) is 39.2 Å². The minimum absolute atomic E-state index is 0.0252. The normalized spacial score (nSPS) is 14.1. The molecule has 1 aliphatic rings. The van der Waals surface area contributed by atoms with Crippen LogP contribution < -0.4 is 15.0 Å². The maximum absolute atomic E-state index is 14.7. The summed E-state index contributed by atoms with van der Waals surface area (Å²) in [5.41, 5.74) is 3.30. The molecule has 0 amide bonds. The maximum Gasteiger partial charge on any atom is 0.355 e. The highest BCUT2D eigenvalue weighted by molar-refractivity contribution is 7.22. The molecule has 2 N–H and O–H groups in total. The minimum Gasteiger partial charge on any atom is -0.491 e. The van der Waals surface area contributed by atoms with Crippen LogP contribution in [0.4, 0.5) is 26.3 Å². The first-order valence-electron chi connectivity index (χ1n) is 16.9. The third kappa shape index (κ3) is 9.01. The van der Waals surface area contributed by atoms with Gasteiger partial charge in [-0.1, -0.05) is 35.3 Å². The number of carboxylic acid groups (broad SMARTS) is 1. The quantitative estimate of drug-likeness (QED) is 0.102. The Labute approximate surface area is 310 Å². The average molecular weight is 745 g/mol. The standard InChI is InChI=1S/C37H41FN8O4S2/c1-23-26-21-25(49-19-17-45(4)5)22-46(34(26)43-42-33(23)41-36-39-28-11-6-7-12-30(28)51-36)37-40-32(35(47)48)31(52-37)13-9-18-50-29-15-14-24(20-27(29)38)10-8-16-44(2)3/h6-7,11-12,14-15,20,25H,9,13,16-19,21-22H2,1-5H3,(H,47,48)(H,39,41,42). The lowest BCUT2D eigenvalue weighted by atomic mass is 9.99. The summed E-state index contributed by atoms with van der Waals surface area (Å²) in [4.78, 5) is 28.2. The molecule has 1 atom stereocenters. The molecule has 0 saturated carbocycles. The summed E-state index contributed by atoms with van der Waals surface area (Å²) < 4.78 is 27.9. The van der Waals surface area contributed by atoms with E-state index in [-0.39, 0.29) is 24.2 Å². The summed E-state index contributed by atoms with van der Waals surface area (Å²) in [6.45, 7) is 4.48. The van der Waals surface area contributed by atoms with Crippen molar-refractivity contribution in [3.05, 3.63) is 75.5 Å². The van der Waals surface area contributed by atoms with Crippen molar-refractivity contribution in [3.63, 3.8) is 0 Å². The maximum atomic E-state index is 14.7. The molecule has 1 unspecified atom stereocenters. The van der Waals surface area contributed by atoms with Crippen molar-refractivity contribution in [1.29, 1.82) is 0 Å². The van der Waals surface area contributed by atoms with Crippen molar-refractivity contribution in [3.8, 4) is 17.6 Å². The van der Waals surface area contributed by atoms with E-state index in [0.717, 1.165) is 27.9 Å². The van der Waals surface area contributed by atoms with Gasteiger partial charge in [-0.3, -0.25) is 9.80 Å².